The molecule has 8 nitrogen and oxygen atoms in total. The Morgan fingerprint density at radius 1 is 0.750 bits per heavy atom. The zero-order valence-electron chi connectivity index (χ0n) is 18.8. The Bertz CT molecular complexity index is 800. The predicted molar refractivity (Wildman–Crippen MR) is 118 cm³/mol. The molecule has 1 atom stereocenters. The first-order chi connectivity index (χ1) is 15.1. The van der Waals surface area contributed by atoms with Gasteiger partial charge in [0, 0.05) is 0 Å². The van der Waals surface area contributed by atoms with Crippen LogP contribution in [-0.2, 0) is 16.0 Å². The molecule has 1 unspecified atom stereocenters. The first-order valence-electron chi connectivity index (χ1n) is 11.2. The maximum atomic E-state index is 12.2. The van der Waals surface area contributed by atoms with Gasteiger partial charge in [0.2, 0.25) is 0 Å². The summed E-state index contributed by atoms with van der Waals surface area (Å²) in [4.78, 5) is 46.6. The van der Waals surface area contributed by atoms with Crippen LogP contribution in [0.15, 0.2) is 12.1 Å². The first kappa shape index (κ1) is 27.1. The normalized spacial score (nSPS) is 12.0. The SMILES string of the molecule is CCCCCC(CCCC(C(=O)O)C(=O)O)c1c(C(=O)O)ccc(CCCC)c1C(=O)O. The fraction of sp³-hybridized carbons (Fsp3) is 0.583. The molecule has 0 fully saturated rings. The molecule has 0 aliphatic carbocycles. The summed E-state index contributed by atoms with van der Waals surface area (Å²) in [7, 11) is 0. The summed E-state index contributed by atoms with van der Waals surface area (Å²) >= 11 is 0. The van der Waals surface area contributed by atoms with Gasteiger partial charge in [-0.3, -0.25) is 9.59 Å². The predicted octanol–water partition coefficient (Wildman–Crippen LogP) is 5.05. The molecule has 1 rings (SSSR count). The first-order valence-corrected chi connectivity index (χ1v) is 11.2. The van der Waals surface area contributed by atoms with Crippen molar-refractivity contribution in [3.63, 3.8) is 0 Å². The summed E-state index contributed by atoms with van der Waals surface area (Å²) < 4.78 is 0. The van der Waals surface area contributed by atoms with Crippen LogP contribution in [-0.4, -0.2) is 44.3 Å². The molecule has 4 N–H and O–H groups in total. The molecule has 32 heavy (non-hydrogen) atoms. The van der Waals surface area contributed by atoms with Crippen molar-refractivity contribution < 1.29 is 39.6 Å². The van der Waals surface area contributed by atoms with E-state index in [2.05, 4.69) is 0 Å². The summed E-state index contributed by atoms with van der Waals surface area (Å²) in [6, 6.07) is 3.03. The van der Waals surface area contributed by atoms with Gasteiger partial charge in [-0.05, 0) is 55.2 Å². The summed E-state index contributed by atoms with van der Waals surface area (Å²) in [6.45, 7) is 4.01. The highest BCUT2D eigenvalue weighted by Gasteiger charge is 2.29. The van der Waals surface area contributed by atoms with Crippen LogP contribution in [0.2, 0.25) is 0 Å². The monoisotopic (exact) mass is 450 g/mol. The van der Waals surface area contributed by atoms with Crippen molar-refractivity contribution in [3.05, 3.63) is 34.4 Å². The van der Waals surface area contributed by atoms with E-state index in [4.69, 9.17) is 10.2 Å². The average molecular weight is 451 g/mol. The number of unbranched alkanes of at least 4 members (excludes halogenated alkanes) is 3. The molecule has 0 bridgehead atoms. The number of benzene rings is 1. The topological polar surface area (TPSA) is 149 Å². The second-order valence-electron chi connectivity index (χ2n) is 8.13. The zero-order chi connectivity index (χ0) is 24.3. The van der Waals surface area contributed by atoms with E-state index < -0.39 is 35.7 Å². The summed E-state index contributed by atoms with van der Waals surface area (Å²) in [5, 5.41) is 38.0. The molecule has 1 aromatic rings. The smallest absolute Gasteiger partial charge is 0.336 e. The van der Waals surface area contributed by atoms with Crippen LogP contribution in [0, 0.1) is 5.92 Å². The number of rotatable bonds is 16. The van der Waals surface area contributed by atoms with Gasteiger partial charge < -0.3 is 20.4 Å². The van der Waals surface area contributed by atoms with E-state index in [1.54, 1.807) is 6.07 Å². The molecule has 178 valence electrons. The highest BCUT2D eigenvalue weighted by atomic mass is 16.4. The highest BCUT2D eigenvalue weighted by Crippen LogP contribution is 2.36. The standard InChI is InChI=1S/C24H34O8/c1-3-5-7-10-15(11-8-12-18(22(27)28)23(29)30)19-17(21(25)26)14-13-16(9-6-4-2)20(19)24(31)32/h13-15,18H,3-12H2,1-2H3,(H,25,26)(H,27,28)(H,29,30)(H,31,32). The van der Waals surface area contributed by atoms with Gasteiger partial charge >= 0.3 is 23.9 Å². The maximum Gasteiger partial charge on any atom is 0.336 e. The van der Waals surface area contributed by atoms with E-state index in [1.807, 2.05) is 13.8 Å². The Balaban J connectivity index is 3.41. The molecule has 8 heteroatoms. The largest absolute Gasteiger partial charge is 0.481 e. The average Bonchev–Trinajstić information content (AvgIpc) is 2.72. The fourth-order valence-electron chi connectivity index (χ4n) is 4.10. The minimum Gasteiger partial charge on any atom is -0.481 e. The Kier molecular flexibility index (Phi) is 11.4. The summed E-state index contributed by atoms with van der Waals surface area (Å²) in [6.07, 6.45) is 5.74. The van der Waals surface area contributed by atoms with Crippen molar-refractivity contribution in [1.29, 1.82) is 0 Å². The second kappa shape index (κ2) is 13.5. The lowest BCUT2D eigenvalue weighted by Gasteiger charge is -2.24. The van der Waals surface area contributed by atoms with Crippen molar-refractivity contribution in [2.75, 3.05) is 0 Å². The third kappa shape index (κ3) is 7.66. The van der Waals surface area contributed by atoms with Crippen molar-refractivity contribution >= 4 is 23.9 Å². The molecule has 0 radical (unpaired) electrons. The van der Waals surface area contributed by atoms with Gasteiger partial charge in [0.25, 0.3) is 0 Å². The Morgan fingerprint density at radius 3 is 1.84 bits per heavy atom. The summed E-state index contributed by atoms with van der Waals surface area (Å²) in [5.74, 6) is -7.18. The third-order valence-corrected chi connectivity index (χ3v) is 5.78. The van der Waals surface area contributed by atoms with E-state index in [1.165, 1.54) is 6.07 Å². The Labute approximate surface area is 188 Å². The summed E-state index contributed by atoms with van der Waals surface area (Å²) in [5.41, 5.74) is 0.829. The molecule has 0 amide bonds. The molecule has 0 aromatic heterocycles. The number of hydrogen-bond acceptors (Lipinski definition) is 4. The number of carboxylic acids is 4. The number of carboxylic acid groups (broad SMARTS) is 4. The number of aliphatic carboxylic acids is 2. The lowest BCUT2D eigenvalue weighted by molar-refractivity contribution is -0.154. The molecule has 0 saturated heterocycles. The highest BCUT2D eigenvalue weighted by molar-refractivity contribution is 5.98. The number of aromatic carboxylic acids is 2. The quantitative estimate of drug-likeness (QED) is 0.202. The van der Waals surface area contributed by atoms with E-state index in [9.17, 15) is 29.4 Å². The zero-order valence-corrected chi connectivity index (χ0v) is 18.8. The van der Waals surface area contributed by atoms with Crippen LogP contribution < -0.4 is 0 Å². The lowest BCUT2D eigenvalue weighted by Crippen LogP contribution is -2.23. The Morgan fingerprint density at radius 2 is 1.34 bits per heavy atom. The second-order valence-corrected chi connectivity index (χ2v) is 8.13. The van der Waals surface area contributed by atoms with E-state index in [-0.39, 0.29) is 29.5 Å². The number of hydrogen-bond donors (Lipinski definition) is 4. The molecule has 1 aromatic carbocycles. The third-order valence-electron chi connectivity index (χ3n) is 5.78. The van der Waals surface area contributed by atoms with Crippen LogP contribution >= 0.6 is 0 Å². The minimum absolute atomic E-state index is 0.0212. The van der Waals surface area contributed by atoms with Crippen LogP contribution in [0.3, 0.4) is 0 Å². The van der Waals surface area contributed by atoms with Gasteiger partial charge in [-0.1, -0.05) is 52.0 Å². The number of carbonyl (C=O) groups is 4. The van der Waals surface area contributed by atoms with E-state index in [0.29, 0.717) is 24.8 Å². The van der Waals surface area contributed by atoms with Gasteiger partial charge in [-0.2, -0.15) is 0 Å². The van der Waals surface area contributed by atoms with Gasteiger partial charge in [0.05, 0.1) is 11.1 Å². The van der Waals surface area contributed by atoms with Crippen LogP contribution in [0.1, 0.15) is 109 Å². The molecule has 0 aliphatic rings. The molecule has 0 aliphatic heterocycles. The Hall–Kier alpha value is -2.90. The fourth-order valence-corrected chi connectivity index (χ4v) is 4.10. The van der Waals surface area contributed by atoms with Crippen LogP contribution in [0.25, 0.3) is 0 Å². The van der Waals surface area contributed by atoms with Gasteiger partial charge in [-0.25, -0.2) is 9.59 Å². The maximum absolute atomic E-state index is 12.2. The molecular weight excluding hydrogens is 416 g/mol. The van der Waals surface area contributed by atoms with Gasteiger partial charge in [-0.15, -0.1) is 0 Å². The van der Waals surface area contributed by atoms with Crippen LogP contribution in [0.4, 0.5) is 0 Å². The molecule has 0 heterocycles. The van der Waals surface area contributed by atoms with E-state index >= 15 is 0 Å². The minimum atomic E-state index is -1.54. The van der Waals surface area contributed by atoms with Crippen molar-refractivity contribution in [3.8, 4) is 0 Å². The van der Waals surface area contributed by atoms with Crippen molar-refractivity contribution in [2.45, 2.75) is 84.0 Å². The van der Waals surface area contributed by atoms with Crippen molar-refractivity contribution in [2.24, 2.45) is 5.92 Å². The van der Waals surface area contributed by atoms with Crippen molar-refractivity contribution in [1.82, 2.24) is 0 Å². The van der Waals surface area contributed by atoms with E-state index in [0.717, 1.165) is 32.1 Å². The van der Waals surface area contributed by atoms with Crippen LogP contribution in [0.5, 0.6) is 0 Å². The van der Waals surface area contributed by atoms with Gasteiger partial charge in [0.1, 0.15) is 0 Å². The molecule has 0 spiro atoms. The lowest BCUT2D eigenvalue weighted by atomic mass is 9.80. The molecule has 0 saturated carbocycles. The number of aryl methyl sites for hydroxylation is 1. The van der Waals surface area contributed by atoms with Gasteiger partial charge in [0.15, 0.2) is 5.92 Å². The molecular formula is C24H34O8.